The first-order valence-corrected chi connectivity index (χ1v) is 6.74. The number of aryl methyl sites for hydroxylation is 1. The molecule has 0 spiro atoms. The van der Waals surface area contributed by atoms with Crippen molar-refractivity contribution < 1.29 is 4.74 Å². The molecule has 2 aromatic heterocycles. The highest BCUT2D eigenvalue weighted by Crippen LogP contribution is 2.25. The molecule has 0 aliphatic heterocycles. The van der Waals surface area contributed by atoms with Crippen LogP contribution in [0.15, 0.2) is 18.5 Å². The van der Waals surface area contributed by atoms with Crippen LogP contribution < -0.4 is 10.5 Å². The summed E-state index contributed by atoms with van der Waals surface area (Å²) in [6, 6.07) is 1.62. The number of ether oxygens (including phenoxy) is 1. The Morgan fingerprint density at radius 2 is 2.05 bits per heavy atom. The Kier molecular flexibility index (Phi) is 3.92. The average Bonchev–Trinajstić information content (AvgIpc) is 2.75. The summed E-state index contributed by atoms with van der Waals surface area (Å²) in [6.45, 7) is 9.06. The van der Waals surface area contributed by atoms with Gasteiger partial charge in [-0.15, -0.1) is 0 Å². The van der Waals surface area contributed by atoms with Gasteiger partial charge in [0.25, 0.3) is 0 Å². The minimum Gasteiger partial charge on any atom is -0.436 e. The Hall–Kier alpha value is -2.11. The van der Waals surface area contributed by atoms with Crippen molar-refractivity contribution in [3.05, 3.63) is 24.3 Å². The van der Waals surface area contributed by atoms with E-state index in [1.54, 1.807) is 12.3 Å². The van der Waals surface area contributed by atoms with Gasteiger partial charge < -0.3 is 10.5 Å². The van der Waals surface area contributed by atoms with Crippen LogP contribution in [0.1, 0.15) is 39.9 Å². The van der Waals surface area contributed by atoms with Gasteiger partial charge in [0.2, 0.25) is 5.88 Å². The zero-order valence-corrected chi connectivity index (χ0v) is 12.4. The van der Waals surface area contributed by atoms with Crippen molar-refractivity contribution in [2.45, 2.75) is 46.1 Å². The van der Waals surface area contributed by atoms with Gasteiger partial charge in [0.05, 0.1) is 12.4 Å². The highest BCUT2D eigenvalue weighted by Gasteiger charge is 2.19. The van der Waals surface area contributed by atoms with E-state index in [0.717, 1.165) is 13.0 Å². The summed E-state index contributed by atoms with van der Waals surface area (Å²) in [5, 5.41) is 4.21. The quantitative estimate of drug-likeness (QED) is 0.928. The standard InChI is InChI=1S/C14H21N5O/c1-5-6-19-9-10(8-16-19)20-12-7-11(15)17-13(18-12)14(2,3)4/h7-9H,5-6H2,1-4H3,(H2,15,17,18). The van der Waals surface area contributed by atoms with E-state index < -0.39 is 0 Å². The van der Waals surface area contributed by atoms with Gasteiger partial charge in [-0.05, 0) is 6.42 Å². The molecular weight excluding hydrogens is 254 g/mol. The molecule has 0 saturated carbocycles. The second kappa shape index (κ2) is 5.48. The number of nitrogen functional groups attached to an aromatic ring is 1. The molecule has 2 rings (SSSR count). The molecule has 0 bridgehead atoms. The highest BCUT2D eigenvalue weighted by atomic mass is 16.5. The molecule has 6 heteroatoms. The predicted octanol–water partition coefficient (Wildman–Crippen LogP) is 2.76. The second-order valence-corrected chi connectivity index (χ2v) is 5.75. The molecule has 0 radical (unpaired) electrons. The third-order valence-corrected chi connectivity index (χ3v) is 2.68. The number of hydrogen-bond donors (Lipinski definition) is 1. The molecule has 20 heavy (non-hydrogen) atoms. The fourth-order valence-electron chi connectivity index (χ4n) is 1.70. The lowest BCUT2D eigenvalue weighted by molar-refractivity contribution is 0.445. The number of hydrogen-bond acceptors (Lipinski definition) is 5. The molecule has 0 fully saturated rings. The van der Waals surface area contributed by atoms with Gasteiger partial charge in [-0.1, -0.05) is 27.7 Å². The summed E-state index contributed by atoms with van der Waals surface area (Å²) in [5.74, 6) is 2.16. The summed E-state index contributed by atoms with van der Waals surface area (Å²) in [5.41, 5.74) is 5.63. The summed E-state index contributed by atoms with van der Waals surface area (Å²) in [6.07, 6.45) is 4.54. The highest BCUT2D eigenvalue weighted by molar-refractivity contribution is 5.36. The van der Waals surface area contributed by atoms with E-state index in [4.69, 9.17) is 10.5 Å². The maximum atomic E-state index is 5.81. The zero-order valence-electron chi connectivity index (χ0n) is 12.4. The van der Waals surface area contributed by atoms with Gasteiger partial charge in [-0.3, -0.25) is 4.68 Å². The van der Waals surface area contributed by atoms with Crippen molar-refractivity contribution in [2.75, 3.05) is 5.73 Å². The number of nitrogens with two attached hydrogens (primary N) is 1. The Morgan fingerprint density at radius 3 is 2.70 bits per heavy atom. The molecule has 2 N–H and O–H groups in total. The van der Waals surface area contributed by atoms with Crippen molar-refractivity contribution in [3.63, 3.8) is 0 Å². The summed E-state index contributed by atoms with van der Waals surface area (Å²) >= 11 is 0. The van der Waals surface area contributed by atoms with Gasteiger partial charge in [0.1, 0.15) is 11.6 Å². The second-order valence-electron chi connectivity index (χ2n) is 5.75. The Bertz CT molecular complexity index is 585. The van der Waals surface area contributed by atoms with Crippen LogP contribution in [-0.2, 0) is 12.0 Å². The van der Waals surface area contributed by atoms with Crippen LogP contribution in [0.3, 0.4) is 0 Å². The van der Waals surface area contributed by atoms with Crippen molar-refractivity contribution in [2.24, 2.45) is 0 Å². The van der Waals surface area contributed by atoms with Crippen LogP contribution in [0.2, 0.25) is 0 Å². The number of rotatable bonds is 4. The van der Waals surface area contributed by atoms with E-state index in [1.165, 1.54) is 0 Å². The lowest BCUT2D eigenvalue weighted by Gasteiger charge is -2.17. The topological polar surface area (TPSA) is 78.9 Å². The molecule has 6 nitrogen and oxygen atoms in total. The molecule has 2 aromatic rings. The lowest BCUT2D eigenvalue weighted by atomic mass is 9.96. The van der Waals surface area contributed by atoms with Crippen LogP contribution in [0.25, 0.3) is 0 Å². The van der Waals surface area contributed by atoms with Crippen molar-refractivity contribution >= 4 is 5.82 Å². The SMILES string of the molecule is CCCn1cc(Oc2cc(N)nc(C(C)(C)C)n2)cn1. The molecule has 0 aliphatic rings. The monoisotopic (exact) mass is 275 g/mol. The zero-order chi connectivity index (χ0) is 14.8. The maximum absolute atomic E-state index is 5.81. The largest absolute Gasteiger partial charge is 0.436 e. The van der Waals surface area contributed by atoms with E-state index in [1.807, 2.05) is 31.6 Å². The number of aromatic nitrogens is 4. The van der Waals surface area contributed by atoms with Gasteiger partial charge in [0.15, 0.2) is 5.75 Å². The Morgan fingerprint density at radius 1 is 1.30 bits per heavy atom. The molecule has 108 valence electrons. The van der Waals surface area contributed by atoms with Crippen molar-refractivity contribution in [1.29, 1.82) is 0 Å². The van der Waals surface area contributed by atoms with Crippen LogP contribution in [0.5, 0.6) is 11.6 Å². The lowest BCUT2D eigenvalue weighted by Crippen LogP contribution is -2.17. The molecular formula is C14H21N5O. The third-order valence-electron chi connectivity index (χ3n) is 2.68. The fraction of sp³-hybridized carbons (Fsp3) is 0.500. The fourth-order valence-corrected chi connectivity index (χ4v) is 1.70. The third kappa shape index (κ3) is 3.46. The molecule has 0 aromatic carbocycles. The molecule has 0 saturated heterocycles. The molecule has 0 unspecified atom stereocenters. The Balaban J connectivity index is 2.22. The normalized spacial score (nSPS) is 11.6. The van der Waals surface area contributed by atoms with Crippen LogP contribution in [0.4, 0.5) is 5.82 Å². The minimum absolute atomic E-state index is 0.181. The van der Waals surface area contributed by atoms with Crippen LogP contribution >= 0.6 is 0 Å². The van der Waals surface area contributed by atoms with Gasteiger partial charge in [-0.25, -0.2) is 4.98 Å². The first-order valence-electron chi connectivity index (χ1n) is 6.74. The van der Waals surface area contributed by atoms with E-state index in [9.17, 15) is 0 Å². The van der Waals surface area contributed by atoms with Gasteiger partial charge in [0, 0.05) is 18.0 Å². The number of anilines is 1. The van der Waals surface area contributed by atoms with Gasteiger partial charge >= 0.3 is 0 Å². The van der Waals surface area contributed by atoms with Gasteiger partial charge in [-0.2, -0.15) is 10.1 Å². The maximum Gasteiger partial charge on any atom is 0.224 e. The summed E-state index contributed by atoms with van der Waals surface area (Å²) < 4.78 is 7.55. The first kappa shape index (κ1) is 14.3. The van der Waals surface area contributed by atoms with Crippen molar-refractivity contribution in [3.8, 4) is 11.6 Å². The smallest absolute Gasteiger partial charge is 0.224 e. The molecule has 0 atom stereocenters. The molecule has 0 amide bonds. The van der Waals surface area contributed by atoms with Crippen molar-refractivity contribution in [1.82, 2.24) is 19.7 Å². The average molecular weight is 275 g/mol. The van der Waals surface area contributed by atoms with E-state index in [2.05, 4.69) is 22.0 Å². The van der Waals surface area contributed by atoms with E-state index in [-0.39, 0.29) is 5.41 Å². The van der Waals surface area contributed by atoms with E-state index in [0.29, 0.717) is 23.3 Å². The van der Waals surface area contributed by atoms with Crippen LogP contribution in [-0.4, -0.2) is 19.7 Å². The molecule has 0 aliphatic carbocycles. The summed E-state index contributed by atoms with van der Waals surface area (Å²) in [4.78, 5) is 8.65. The number of nitrogens with zero attached hydrogens (tertiary/aromatic N) is 4. The first-order chi connectivity index (χ1) is 9.38. The Labute approximate surface area is 119 Å². The van der Waals surface area contributed by atoms with E-state index >= 15 is 0 Å². The minimum atomic E-state index is -0.181. The van der Waals surface area contributed by atoms with Crippen LogP contribution in [0, 0.1) is 0 Å². The molecule has 2 heterocycles. The predicted molar refractivity (Wildman–Crippen MR) is 77.7 cm³/mol. The summed E-state index contributed by atoms with van der Waals surface area (Å²) in [7, 11) is 0.